The fourth-order valence-corrected chi connectivity index (χ4v) is 1.81. The minimum Gasteiger partial charge on any atom is -0.374 e. The Bertz CT molecular complexity index is 353. The van der Waals surface area contributed by atoms with Gasteiger partial charge in [0.15, 0.2) is 5.60 Å². The number of hydrogen-bond acceptors (Lipinski definition) is 3. The highest BCUT2D eigenvalue weighted by Gasteiger charge is 2.43. The quantitative estimate of drug-likeness (QED) is 0.659. The SMILES string of the molecule is [B]c1cc(C2(OC)COC2)n(C(C)C)n1. The van der Waals surface area contributed by atoms with Crippen molar-refractivity contribution in [2.24, 2.45) is 0 Å². The van der Waals surface area contributed by atoms with Gasteiger partial charge in [0, 0.05) is 18.7 Å². The number of ether oxygens (including phenoxy) is 2. The van der Waals surface area contributed by atoms with Gasteiger partial charge < -0.3 is 9.47 Å². The fraction of sp³-hybridized carbons (Fsp3) is 0.700. The molecule has 2 rings (SSSR count). The molecule has 1 aromatic rings. The third kappa shape index (κ3) is 1.60. The van der Waals surface area contributed by atoms with Crippen LogP contribution < -0.4 is 5.59 Å². The molecular weight excluding hydrogens is 191 g/mol. The van der Waals surface area contributed by atoms with Crippen LogP contribution in [-0.4, -0.2) is 38.0 Å². The van der Waals surface area contributed by atoms with Crippen LogP contribution in [-0.2, 0) is 15.1 Å². The number of aromatic nitrogens is 2. The molecule has 0 aromatic carbocycles. The van der Waals surface area contributed by atoms with Crippen molar-refractivity contribution in [1.82, 2.24) is 9.78 Å². The number of rotatable bonds is 3. The van der Waals surface area contributed by atoms with E-state index in [-0.39, 0.29) is 11.6 Å². The van der Waals surface area contributed by atoms with E-state index >= 15 is 0 Å². The van der Waals surface area contributed by atoms with E-state index in [1.165, 1.54) is 0 Å². The van der Waals surface area contributed by atoms with Gasteiger partial charge in [0.2, 0.25) is 0 Å². The van der Waals surface area contributed by atoms with Gasteiger partial charge in [0.25, 0.3) is 0 Å². The molecule has 0 saturated carbocycles. The van der Waals surface area contributed by atoms with Crippen molar-refractivity contribution in [3.8, 4) is 0 Å². The van der Waals surface area contributed by atoms with Crippen LogP contribution >= 0.6 is 0 Å². The van der Waals surface area contributed by atoms with Gasteiger partial charge in [0.05, 0.1) is 18.9 Å². The van der Waals surface area contributed by atoms with Crippen LogP contribution in [0.4, 0.5) is 0 Å². The molecule has 0 spiro atoms. The molecule has 0 bridgehead atoms. The van der Waals surface area contributed by atoms with E-state index in [9.17, 15) is 0 Å². The Hall–Kier alpha value is -0.805. The van der Waals surface area contributed by atoms with Crippen LogP contribution in [0.1, 0.15) is 25.6 Å². The van der Waals surface area contributed by atoms with Crippen molar-refractivity contribution in [2.75, 3.05) is 20.3 Å². The second-order valence-corrected chi connectivity index (χ2v) is 4.18. The first-order valence-corrected chi connectivity index (χ1v) is 5.07. The predicted molar refractivity (Wildman–Crippen MR) is 57.5 cm³/mol. The van der Waals surface area contributed by atoms with Crippen molar-refractivity contribution < 1.29 is 9.47 Å². The zero-order chi connectivity index (χ0) is 11.1. The van der Waals surface area contributed by atoms with E-state index in [2.05, 4.69) is 18.9 Å². The Morgan fingerprint density at radius 2 is 2.27 bits per heavy atom. The van der Waals surface area contributed by atoms with E-state index in [0.29, 0.717) is 18.8 Å². The summed E-state index contributed by atoms with van der Waals surface area (Å²) in [5.74, 6) is 0. The summed E-state index contributed by atoms with van der Waals surface area (Å²) in [6.45, 7) is 5.28. The average Bonchev–Trinajstić information content (AvgIpc) is 2.47. The summed E-state index contributed by atoms with van der Waals surface area (Å²) < 4.78 is 12.6. The summed E-state index contributed by atoms with van der Waals surface area (Å²) in [7, 11) is 7.41. The minimum atomic E-state index is -0.352. The maximum Gasteiger partial charge on any atom is 0.155 e. The van der Waals surface area contributed by atoms with Gasteiger partial charge in [0.1, 0.15) is 7.85 Å². The first-order valence-electron chi connectivity index (χ1n) is 5.07. The van der Waals surface area contributed by atoms with Crippen molar-refractivity contribution in [3.63, 3.8) is 0 Å². The van der Waals surface area contributed by atoms with Gasteiger partial charge in [-0.15, -0.1) is 0 Å². The molecule has 1 aliphatic rings. The topological polar surface area (TPSA) is 36.3 Å². The lowest BCUT2D eigenvalue weighted by Gasteiger charge is -2.40. The summed E-state index contributed by atoms with van der Waals surface area (Å²) in [5, 5.41) is 4.26. The van der Waals surface area contributed by atoms with Gasteiger partial charge in [-0.1, -0.05) is 0 Å². The standard InChI is InChI=1S/C10H15BN2O2/c1-7(2)13-8(4-9(11)12-13)10(14-3)5-15-6-10/h4,7H,5-6H2,1-3H3. The zero-order valence-corrected chi connectivity index (χ0v) is 9.36. The van der Waals surface area contributed by atoms with E-state index in [1.807, 2.05) is 10.7 Å². The Kier molecular flexibility index (Phi) is 2.60. The van der Waals surface area contributed by atoms with Crippen molar-refractivity contribution in [1.29, 1.82) is 0 Å². The fourth-order valence-electron chi connectivity index (χ4n) is 1.81. The molecule has 0 unspecified atom stereocenters. The minimum absolute atomic E-state index is 0.268. The largest absolute Gasteiger partial charge is 0.374 e. The first-order chi connectivity index (χ1) is 7.09. The van der Waals surface area contributed by atoms with E-state index in [0.717, 1.165) is 5.69 Å². The molecule has 2 radical (unpaired) electrons. The molecule has 80 valence electrons. The van der Waals surface area contributed by atoms with Crippen LogP contribution in [0.25, 0.3) is 0 Å². The smallest absolute Gasteiger partial charge is 0.155 e. The third-order valence-electron chi connectivity index (χ3n) is 2.77. The summed E-state index contributed by atoms with van der Waals surface area (Å²) in [5.41, 5.74) is 1.18. The summed E-state index contributed by atoms with van der Waals surface area (Å²) in [4.78, 5) is 0. The highest BCUT2D eigenvalue weighted by molar-refractivity contribution is 6.30. The van der Waals surface area contributed by atoms with Crippen molar-refractivity contribution in [3.05, 3.63) is 11.8 Å². The van der Waals surface area contributed by atoms with Crippen LogP contribution in [0.15, 0.2) is 6.07 Å². The zero-order valence-electron chi connectivity index (χ0n) is 9.36. The van der Waals surface area contributed by atoms with E-state index < -0.39 is 0 Å². The maximum atomic E-state index is 5.72. The Morgan fingerprint density at radius 3 is 2.67 bits per heavy atom. The lowest BCUT2D eigenvalue weighted by atomic mass is 9.94. The molecule has 0 amide bonds. The molecule has 4 nitrogen and oxygen atoms in total. The summed E-state index contributed by atoms with van der Waals surface area (Å²) in [6.07, 6.45) is 0. The Morgan fingerprint density at radius 1 is 1.60 bits per heavy atom. The van der Waals surface area contributed by atoms with E-state index in [1.54, 1.807) is 7.11 Å². The third-order valence-corrected chi connectivity index (χ3v) is 2.77. The average molecular weight is 206 g/mol. The lowest BCUT2D eigenvalue weighted by Crippen LogP contribution is -2.49. The molecule has 0 atom stereocenters. The van der Waals surface area contributed by atoms with Gasteiger partial charge in [-0.3, -0.25) is 4.68 Å². The molecule has 2 heterocycles. The monoisotopic (exact) mass is 206 g/mol. The molecule has 0 aliphatic carbocycles. The highest BCUT2D eigenvalue weighted by atomic mass is 16.6. The maximum absolute atomic E-state index is 5.72. The molecule has 1 aliphatic heterocycles. The van der Waals surface area contributed by atoms with Gasteiger partial charge >= 0.3 is 0 Å². The Balaban J connectivity index is 2.41. The molecule has 5 heteroatoms. The molecule has 15 heavy (non-hydrogen) atoms. The molecule has 1 saturated heterocycles. The predicted octanol–water partition coefficient (Wildman–Crippen LogP) is 0.130. The molecular formula is C10H15BN2O2. The Labute approximate surface area is 91.0 Å². The first kappa shape index (κ1) is 10.7. The normalized spacial score (nSPS) is 19.2. The van der Waals surface area contributed by atoms with Crippen LogP contribution in [0.5, 0.6) is 0 Å². The second-order valence-electron chi connectivity index (χ2n) is 4.18. The van der Waals surface area contributed by atoms with Crippen molar-refractivity contribution >= 4 is 13.4 Å². The van der Waals surface area contributed by atoms with Gasteiger partial charge in [-0.05, 0) is 19.9 Å². The van der Waals surface area contributed by atoms with Crippen LogP contribution in [0.2, 0.25) is 0 Å². The number of methoxy groups -OCH3 is 1. The summed E-state index contributed by atoms with van der Waals surface area (Å²) in [6, 6.07) is 2.14. The molecule has 0 N–H and O–H groups in total. The van der Waals surface area contributed by atoms with Crippen molar-refractivity contribution in [2.45, 2.75) is 25.5 Å². The second kappa shape index (κ2) is 3.65. The summed E-state index contributed by atoms with van der Waals surface area (Å²) >= 11 is 0. The van der Waals surface area contributed by atoms with Crippen LogP contribution in [0.3, 0.4) is 0 Å². The van der Waals surface area contributed by atoms with Crippen LogP contribution in [0, 0.1) is 0 Å². The highest BCUT2D eigenvalue weighted by Crippen LogP contribution is 2.33. The van der Waals surface area contributed by atoms with E-state index in [4.69, 9.17) is 17.3 Å². The van der Waals surface area contributed by atoms with Gasteiger partial charge in [-0.2, -0.15) is 5.10 Å². The molecule has 1 fully saturated rings. The lowest BCUT2D eigenvalue weighted by molar-refractivity contribution is -0.206. The number of nitrogens with zero attached hydrogens (tertiary/aromatic N) is 2. The van der Waals surface area contributed by atoms with Gasteiger partial charge in [-0.25, -0.2) is 0 Å². The molecule has 1 aromatic heterocycles. The number of hydrogen-bond donors (Lipinski definition) is 0.